The van der Waals surface area contributed by atoms with Gasteiger partial charge in [-0.25, -0.2) is 0 Å². The van der Waals surface area contributed by atoms with E-state index in [2.05, 4.69) is 26.2 Å². The highest BCUT2D eigenvalue weighted by Gasteiger charge is 1.99. The number of benzene rings is 1. The molecule has 1 aromatic heterocycles. The van der Waals surface area contributed by atoms with Gasteiger partial charge in [0.05, 0.1) is 17.4 Å². The molecule has 76 valence electrons. The zero-order valence-corrected chi connectivity index (χ0v) is 9.71. The lowest BCUT2D eigenvalue weighted by molar-refractivity contribution is -0.114. The van der Waals surface area contributed by atoms with Crippen LogP contribution in [-0.2, 0) is 4.79 Å². The van der Waals surface area contributed by atoms with Crippen LogP contribution in [0.5, 0.6) is 0 Å². The van der Waals surface area contributed by atoms with Gasteiger partial charge in [-0.1, -0.05) is 15.9 Å². The van der Waals surface area contributed by atoms with E-state index >= 15 is 0 Å². The molecule has 0 aliphatic carbocycles. The molecule has 0 spiro atoms. The van der Waals surface area contributed by atoms with E-state index in [1.807, 2.05) is 24.3 Å². The number of amides is 1. The van der Waals surface area contributed by atoms with Crippen LogP contribution in [0.15, 0.2) is 34.9 Å². The smallest absolute Gasteiger partial charge is 0.221 e. The molecule has 0 atom stereocenters. The summed E-state index contributed by atoms with van der Waals surface area (Å²) in [6, 6.07) is 7.73. The van der Waals surface area contributed by atoms with Gasteiger partial charge in [0.2, 0.25) is 5.91 Å². The highest BCUT2D eigenvalue weighted by Crippen LogP contribution is 2.20. The molecule has 0 unspecified atom stereocenters. The molecule has 1 N–H and O–H groups in total. The summed E-state index contributed by atoms with van der Waals surface area (Å²) < 4.78 is 0.997. The first-order chi connectivity index (χ1) is 7.15. The van der Waals surface area contributed by atoms with Gasteiger partial charge >= 0.3 is 0 Å². The molecule has 0 aliphatic heterocycles. The molecule has 2 rings (SSSR count). The molecule has 15 heavy (non-hydrogen) atoms. The van der Waals surface area contributed by atoms with Crippen LogP contribution >= 0.6 is 15.9 Å². The standard InChI is InChI=1S/C11H9BrN2O/c1-7(15)14-10-5-8-4-9(12)2-3-11(8)13-6-10/h2-6H,1H3,(H,14,15). The summed E-state index contributed by atoms with van der Waals surface area (Å²) in [5.41, 5.74) is 1.63. The van der Waals surface area contributed by atoms with Crippen molar-refractivity contribution in [2.75, 3.05) is 5.32 Å². The average molecular weight is 265 g/mol. The van der Waals surface area contributed by atoms with Gasteiger partial charge in [0, 0.05) is 16.8 Å². The maximum Gasteiger partial charge on any atom is 0.221 e. The van der Waals surface area contributed by atoms with Crippen molar-refractivity contribution in [3.63, 3.8) is 0 Å². The zero-order chi connectivity index (χ0) is 10.8. The topological polar surface area (TPSA) is 42.0 Å². The fraction of sp³-hybridized carbons (Fsp3) is 0.0909. The highest BCUT2D eigenvalue weighted by molar-refractivity contribution is 9.10. The first kappa shape index (κ1) is 10.1. The Bertz CT molecular complexity index is 525. The number of rotatable bonds is 1. The Balaban J connectivity index is 2.49. The minimum absolute atomic E-state index is 0.0915. The number of fused-ring (bicyclic) bond motifs is 1. The van der Waals surface area contributed by atoms with Crippen molar-refractivity contribution >= 4 is 38.4 Å². The van der Waals surface area contributed by atoms with E-state index in [1.54, 1.807) is 6.20 Å². The van der Waals surface area contributed by atoms with Crippen LogP contribution in [0.4, 0.5) is 5.69 Å². The summed E-state index contributed by atoms with van der Waals surface area (Å²) in [6.45, 7) is 1.48. The largest absolute Gasteiger partial charge is 0.325 e. The van der Waals surface area contributed by atoms with Gasteiger partial charge < -0.3 is 5.32 Å². The monoisotopic (exact) mass is 264 g/mol. The summed E-state index contributed by atoms with van der Waals surface area (Å²) in [4.78, 5) is 15.1. The first-order valence-electron chi connectivity index (χ1n) is 4.48. The Kier molecular flexibility index (Phi) is 2.68. The molecular formula is C11H9BrN2O. The van der Waals surface area contributed by atoms with E-state index in [9.17, 15) is 4.79 Å². The summed E-state index contributed by atoms with van der Waals surface area (Å²) in [6.07, 6.45) is 1.65. The van der Waals surface area contributed by atoms with Gasteiger partial charge in [-0.3, -0.25) is 9.78 Å². The molecule has 0 radical (unpaired) electrons. The molecule has 1 amide bonds. The number of nitrogens with one attached hydrogen (secondary N) is 1. The number of hydrogen-bond donors (Lipinski definition) is 1. The Morgan fingerprint density at radius 2 is 2.20 bits per heavy atom. The van der Waals surface area contributed by atoms with Gasteiger partial charge in [-0.2, -0.15) is 0 Å². The molecule has 0 aliphatic rings. The van der Waals surface area contributed by atoms with Crippen LogP contribution in [0.1, 0.15) is 6.92 Å². The second-order valence-electron chi connectivity index (χ2n) is 3.24. The van der Waals surface area contributed by atoms with Crippen LogP contribution in [0, 0.1) is 0 Å². The van der Waals surface area contributed by atoms with Crippen molar-refractivity contribution in [1.29, 1.82) is 0 Å². The molecule has 4 heteroatoms. The molecule has 0 fully saturated rings. The van der Waals surface area contributed by atoms with Gasteiger partial charge in [-0.15, -0.1) is 0 Å². The van der Waals surface area contributed by atoms with Crippen molar-refractivity contribution < 1.29 is 4.79 Å². The molecule has 0 saturated heterocycles. The van der Waals surface area contributed by atoms with E-state index in [0.29, 0.717) is 5.69 Å². The third-order valence-electron chi connectivity index (χ3n) is 1.96. The lowest BCUT2D eigenvalue weighted by Crippen LogP contribution is -2.05. The lowest BCUT2D eigenvalue weighted by atomic mass is 10.2. The van der Waals surface area contributed by atoms with Crippen molar-refractivity contribution in [1.82, 2.24) is 4.98 Å². The molecule has 0 bridgehead atoms. The summed E-state index contributed by atoms with van der Waals surface area (Å²) in [5.74, 6) is -0.0915. The van der Waals surface area contributed by atoms with Crippen LogP contribution in [0.3, 0.4) is 0 Å². The zero-order valence-electron chi connectivity index (χ0n) is 8.12. The van der Waals surface area contributed by atoms with Crippen LogP contribution in [0.25, 0.3) is 10.9 Å². The maximum absolute atomic E-state index is 10.9. The SMILES string of the molecule is CC(=O)Nc1cnc2ccc(Br)cc2c1. The van der Waals surface area contributed by atoms with Gasteiger partial charge in [0.25, 0.3) is 0 Å². The Morgan fingerprint density at radius 3 is 2.93 bits per heavy atom. The number of nitrogens with zero attached hydrogens (tertiary/aromatic N) is 1. The fourth-order valence-electron chi connectivity index (χ4n) is 1.37. The molecular weight excluding hydrogens is 256 g/mol. The van der Waals surface area contributed by atoms with Crippen LogP contribution in [0.2, 0.25) is 0 Å². The average Bonchev–Trinajstić information content (AvgIpc) is 2.16. The number of carbonyl (C=O) groups is 1. The Morgan fingerprint density at radius 1 is 1.40 bits per heavy atom. The van der Waals surface area contributed by atoms with Crippen molar-refractivity contribution in [3.05, 3.63) is 34.9 Å². The van der Waals surface area contributed by atoms with Gasteiger partial charge in [0.15, 0.2) is 0 Å². The fourth-order valence-corrected chi connectivity index (χ4v) is 1.75. The molecule has 2 aromatic rings. The van der Waals surface area contributed by atoms with E-state index in [1.165, 1.54) is 6.92 Å². The number of pyridine rings is 1. The summed E-state index contributed by atoms with van der Waals surface area (Å²) >= 11 is 3.39. The highest BCUT2D eigenvalue weighted by atomic mass is 79.9. The molecule has 3 nitrogen and oxygen atoms in total. The molecule has 1 aromatic carbocycles. The van der Waals surface area contributed by atoms with Crippen molar-refractivity contribution in [2.24, 2.45) is 0 Å². The second kappa shape index (κ2) is 3.98. The predicted octanol–water partition coefficient (Wildman–Crippen LogP) is 2.96. The quantitative estimate of drug-likeness (QED) is 0.861. The summed E-state index contributed by atoms with van der Waals surface area (Å²) in [7, 11) is 0. The lowest BCUT2D eigenvalue weighted by Gasteiger charge is -2.03. The number of aromatic nitrogens is 1. The minimum atomic E-state index is -0.0915. The van der Waals surface area contributed by atoms with Gasteiger partial charge in [-0.05, 0) is 24.3 Å². The van der Waals surface area contributed by atoms with E-state index < -0.39 is 0 Å². The van der Waals surface area contributed by atoms with Crippen LogP contribution in [-0.4, -0.2) is 10.9 Å². The van der Waals surface area contributed by atoms with E-state index in [4.69, 9.17) is 0 Å². The number of halogens is 1. The molecule has 0 saturated carbocycles. The van der Waals surface area contributed by atoms with Crippen LogP contribution < -0.4 is 5.32 Å². The summed E-state index contributed by atoms with van der Waals surface area (Å²) in [5, 5.41) is 3.70. The van der Waals surface area contributed by atoms with Crippen molar-refractivity contribution in [3.8, 4) is 0 Å². The third kappa shape index (κ3) is 2.33. The number of hydrogen-bond acceptors (Lipinski definition) is 2. The van der Waals surface area contributed by atoms with Gasteiger partial charge in [0.1, 0.15) is 0 Å². The number of anilines is 1. The van der Waals surface area contributed by atoms with E-state index in [0.717, 1.165) is 15.4 Å². The minimum Gasteiger partial charge on any atom is -0.325 e. The second-order valence-corrected chi connectivity index (χ2v) is 4.16. The Labute approximate surface area is 95.6 Å². The Hall–Kier alpha value is -1.42. The first-order valence-corrected chi connectivity index (χ1v) is 5.27. The normalized spacial score (nSPS) is 10.3. The predicted molar refractivity (Wildman–Crippen MR) is 63.7 cm³/mol. The van der Waals surface area contributed by atoms with Crippen molar-refractivity contribution in [2.45, 2.75) is 6.92 Å². The third-order valence-corrected chi connectivity index (χ3v) is 2.46. The van der Waals surface area contributed by atoms with E-state index in [-0.39, 0.29) is 5.91 Å². The number of carbonyl (C=O) groups excluding carboxylic acids is 1. The maximum atomic E-state index is 10.9. The molecule has 1 heterocycles.